The summed E-state index contributed by atoms with van der Waals surface area (Å²) in [6.45, 7) is 3.43. The van der Waals surface area contributed by atoms with Crippen LogP contribution in [0.3, 0.4) is 0 Å². The molecule has 2 aromatic rings. The number of hydrogen-bond donors (Lipinski definition) is 1. The third-order valence-corrected chi connectivity index (χ3v) is 2.84. The molecule has 0 radical (unpaired) electrons. The van der Waals surface area contributed by atoms with E-state index >= 15 is 0 Å². The van der Waals surface area contributed by atoms with Crippen molar-refractivity contribution in [3.8, 4) is 17.2 Å². The van der Waals surface area contributed by atoms with Crippen LogP contribution in [-0.2, 0) is 15.9 Å². The van der Waals surface area contributed by atoms with Gasteiger partial charge in [-0.05, 0) is 18.6 Å². The fraction of sp³-hybridized carbons (Fsp3) is 0.429. The van der Waals surface area contributed by atoms with Gasteiger partial charge in [0.05, 0.1) is 25.4 Å². The van der Waals surface area contributed by atoms with E-state index in [2.05, 4.69) is 10.1 Å². The number of aryl methyl sites for hydroxylation is 1. The Kier molecular flexibility index (Phi) is 5.09. The lowest BCUT2D eigenvalue weighted by Gasteiger charge is -2.01. The molecule has 1 N–H and O–H groups in total. The smallest absolute Gasteiger partial charge is 0.261 e. The summed E-state index contributed by atoms with van der Waals surface area (Å²) in [5, 5.41) is 13.8. The van der Waals surface area contributed by atoms with Gasteiger partial charge in [-0.25, -0.2) is 0 Å². The lowest BCUT2D eigenvalue weighted by molar-refractivity contribution is 0.0714. The summed E-state index contributed by atoms with van der Waals surface area (Å²) in [5.74, 6) is 1.04. The molecule has 20 heavy (non-hydrogen) atoms. The largest absolute Gasteiger partial charge is 0.507 e. The summed E-state index contributed by atoms with van der Waals surface area (Å²) in [5.41, 5.74) is 1.31. The maximum Gasteiger partial charge on any atom is 0.261 e. The van der Waals surface area contributed by atoms with Crippen LogP contribution in [0.1, 0.15) is 11.4 Å². The Hall–Kier alpha value is -1.92. The van der Waals surface area contributed by atoms with Crippen molar-refractivity contribution in [3.05, 3.63) is 29.6 Å². The zero-order valence-corrected chi connectivity index (χ0v) is 11.6. The molecule has 0 saturated carbocycles. The average molecular weight is 278 g/mol. The molecule has 1 aromatic heterocycles. The topological polar surface area (TPSA) is 77.6 Å². The Labute approximate surface area is 117 Å². The van der Waals surface area contributed by atoms with Crippen LogP contribution in [0.25, 0.3) is 11.5 Å². The number of aromatic nitrogens is 2. The van der Waals surface area contributed by atoms with Crippen LogP contribution >= 0.6 is 0 Å². The van der Waals surface area contributed by atoms with E-state index in [1.807, 2.05) is 19.1 Å². The van der Waals surface area contributed by atoms with Crippen LogP contribution in [0.2, 0.25) is 0 Å². The number of ether oxygens (including phenoxy) is 2. The minimum Gasteiger partial charge on any atom is -0.507 e. The van der Waals surface area contributed by atoms with E-state index in [0.29, 0.717) is 43.5 Å². The average Bonchev–Trinajstić information content (AvgIpc) is 2.90. The Morgan fingerprint density at radius 2 is 2.10 bits per heavy atom. The highest BCUT2D eigenvalue weighted by atomic mass is 16.5. The summed E-state index contributed by atoms with van der Waals surface area (Å²) < 4.78 is 15.4. The number of methoxy groups -OCH3 is 1. The fourth-order valence-corrected chi connectivity index (χ4v) is 1.70. The number of phenols is 1. The van der Waals surface area contributed by atoms with Gasteiger partial charge in [-0.15, -0.1) is 0 Å². The predicted molar refractivity (Wildman–Crippen MR) is 72.5 cm³/mol. The van der Waals surface area contributed by atoms with Gasteiger partial charge in [-0.3, -0.25) is 0 Å². The summed E-state index contributed by atoms with van der Waals surface area (Å²) >= 11 is 0. The minimum atomic E-state index is 0.166. The highest BCUT2D eigenvalue weighted by Crippen LogP contribution is 2.30. The molecule has 0 saturated heterocycles. The summed E-state index contributed by atoms with van der Waals surface area (Å²) in [6.07, 6.45) is 0.555. The van der Waals surface area contributed by atoms with E-state index in [1.165, 1.54) is 0 Å². The van der Waals surface area contributed by atoms with E-state index in [-0.39, 0.29) is 5.75 Å². The monoisotopic (exact) mass is 278 g/mol. The maximum absolute atomic E-state index is 9.97. The first-order valence-electron chi connectivity index (χ1n) is 6.40. The fourth-order valence-electron chi connectivity index (χ4n) is 1.70. The highest BCUT2D eigenvalue weighted by molar-refractivity contribution is 5.64. The normalized spacial score (nSPS) is 10.9. The molecule has 0 fully saturated rings. The molecule has 0 aliphatic rings. The first-order valence-corrected chi connectivity index (χ1v) is 6.40. The van der Waals surface area contributed by atoms with Crippen LogP contribution in [0.4, 0.5) is 0 Å². The number of benzene rings is 1. The zero-order chi connectivity index (χ0) is 14.4. The van der Waals surface area contributed by atoms with E-state index in [1.54, 1.807) is 13.2 Å². The van der Waals surface area contributed by atoms with Gasteiger partial charge in [0.15, 0.2) is 5.82 Å². The quantitative estimate of drug-likeness (QED) is 0.780. The van der Waals surface area contributed by atoms with Gasteiger partial charge in [0.2, 0.25) is 0 Å². The molecule has 0 amide bonds. The van der Waals surface area contributed by atoms with Gasteiger partial charge in [0.25, 0.3) is 5.89 Å². The zero-order valence-electron chi connectivity index (χ0n) is 11.6. The van der Waals surface area contributed by atoms with Crippen molar-refractivity contribution >= 4 is 0 Å². The summed E-state index contributed by atoms with van der Waals surface area (Å²) in [7, 11) is 1.63. The van der Waals surface area contributed by atoms with Crippen molar-refractivity contribution in [1.82, 2.24) is 10.1 Å². The van der Waals surface area contributed by atoms with E-state index in [0.717, 1.165) is 5.56 Å². The standard InChI is InChI=1S/C14H18N2O4/c1-10-4-3-5-11(13(10)17)14-15-12(16-20-14)6-7-19-9-8-18-2/h3-5,17H,6-9H2,1-2H3. The van der Waals surface area contributed by atoms with E-state index < -0.39 is 0 Å². The molecule has 1 aromatic carbocycles. The Bertz CT molecular complexity index is 554. The molecule has 108 valence electrons. The second kappa shape index (κ2) is 7.02. The van der Waals surface area contributed by atoms with Crippen LogP contribution in [0, 0.1) is 6.92 Å². The molecule has 6 heteroatoms. The number of para-hydroxylation sites is 1. The van der Waals surface area contributed by atoms with Gasteiger partial charge in [-0.2, -0.15) is 4.98 Å². The predicted octanol–water partition coefficient (Wildman–Crippen LogP) is 1.96. The Morgan fingerprint density at radius 1 is 1.25 bits per heavy atom. The van der Waals surface area contributed by atoms with Crippen LogP contribution in [0.15, 0.2) is 22.7 Å². The molecule has 2 rings (SSSR count). The molecule has 0 atom stereocenters. The van der Waals surface area contributed by atoms with Crippen molar-refractivity contribution in [2.45, 2.75) is 13.3 Å². The van der Waals surface area contributed by atoms with E-state index in [9.17, 15) is 5.11 Å². The van der Waals surface area contributed by atoms with Crippen molar-refractivity contribution in [2.75, 3.05) is 26.9 Å². The van der Waals surface area contributed by atoms with Crippen molar-refractivity contribution < 1.29 is 19.1 Å². The first kappa shape index (κ1) is 14.5. The lowest BCUT2D eigenvalue weighted by atomic mass is 10.1. The highest BCUT2D eigenvalue weighted by Gasteiger charge is 2.13. The minimum absolute atomic E-state index is 0.166. The Balaban J connectivity index is 1.97. The molecule has 0 aliphatic carbocycles. The molecule has 0 unspecified atom stereocenters. The number of phenolic OH excluding ortho intramolecular Hbond substituents is 1. The number of nitrogens with zero attached hydrogens (tertiary/aromatic N) is 2. The van der Waals surface area contributed by atoms with Gasteiger partial charge in [0, 0.05) is 13.5 Å². The maximum atomic E-state index is 9.97. The van der Waals surface area contributed by atoms with Crippen molar-refractivity contribution in [2.24, 2.45) is 0 Å². The summed E-state index contributed by atoms with van der Waals surface area (Å²) in [4.78, 5) is 4.25. The third-order valence-electron chi connectivity index (χ3n) is 2.84. The van der Waals surface area contributed by atoms with Gasteiger partial charge < -0.3 is 19.1 Å². The number of hydrogen-bond acceptors (Lipinski definition) is 6. The van der Waals surface area contributed by atoms with Gasteiger partial charge >= 0.3 is 0 Å². The summed E-state index contributed by atoms with van der Waals surface area (Å²) in [6, 6.07) is 5.40. The third kappa shape index (κ3) is 3.55. The molecule has 0 bridgehead atoms. The number of aromatic hydroxyl groups is 1. The SMILES string of the molecule is COCCOCCc1noc(-c2cccc(C)c2O)n1. The van der Waals surface area contributed by atoms with Crippen molar-refractivity contribution in [1.29, 1.82) is 0 Å². The Morgan fingerprint density at radius 3 is 2.90 bits per heavy atom. The molecule has 6 nitrogen and oxygen atoms in total. The van der Waals surface area contributed by atoms with Crippen molar-refractivity contribution in [3.63, 3.8) is 0 Å². The number of rotatable bonds is 7. The van der Waals surface area contributed by atoms with Crippen LogP contribution in [-0.4, -0.2) is 42.2 Å². The second-order valence-electron chi connectivity index (χ2n) is 4.34. The molecule has 0 spiro atoms. The molecule has 1 heterocycles. The molecule has 0 aliphatic heterocycles. The van der Waals surface area contributed by atoms with Gasteiger partial charge in [0.1, 0.15) is 5.75 Å². The first-order chi connectivity index (χ1) is 9.72. The van der Waals surface area contributed by atoms with Crippen LogP contribution < -0.4 is 0 Å². The van der Waals surface area contributed by atoms with E-state index in [4.69, 9.17) is 14.0 Å². The van der Waals surface area contributed by atoms with Gasteiger partial charge in [-0.1, -0.05) is 17.3 Å². The molecular weight excluding hydrogens is 260 g/mol. The second-order valence-corrected chi connectivity index (χ2v) is 4.34. The molecular formula is C14H18N2O4. The lowest BCUT2D eigenvalue weighted by Crippen LogP contribution is -2.05. The van der Waals surface area contributed by atoms with Crippen LogP contribution in [0.5, 0.6) is 5.75 Å².